The number of aliphatic hydroxyl groups excluding tert-OH is 1. The highest BCUT2D eigenvalue weighted by atomic mass is 16.4. The molecule has 15 heavy (non-hydrogen) atoms. The number of rotatable bonds is 8. The predicted octanol–water partition coefficient (Wildman–Crippen LogP) is 0.654. The van der Waals surface area contributed by atoms with Gasteiger partial charge in [0.2, 0.25) is 0 Å². The Hall–Kier alpha value is -0.810. The van der Waals surface area contributed by atoms with Crippen molar-refractivity contribution in [2.24, 2.45) is 10.9 Å². The van der Waals surface area contributed by atoms with Crippen LogP contribution in [0.4, 0.5) is 0 Å². The van der Waals surface area contributed by atoms with Gasteiger partial charge in [0.1, 0.15) is 5.84 Å². The monoisotopic (exact) mass is 217 g/mol. The molecule has 0 saturated carbocycles. The molecule has 0 bridgehead atoms. The van der Waals surface area contributed by atoms with Crippen LogP contribution in [0.15, 0.2) is 5.16 Å². The highest BCUT2D eigenvalue weighted by Crippen LogP contribution is 2.07. The van der Waals surface area contributed by atoms with Gasteiger partial charge in [0, 0.05) is 18.6 Å². The highest BCUT2D eigenvalue weighted by Gasteiger charge is 2.14. The van der Waals surface area contributed by atoms with Crippen molar-refractivity contribution in [2.75, 3.05) is 13.2 Å². The molecule has 0 heterocycles. The van der Waals surface area contributed by atoms with E-state index in [1.807, 2.05) is 0 Å². The maximum atomic E-state index is 8.81. The van der Waals surface area contributed by atoms with Crippen molar-refractivity contribution >= 4 is 5.84 Å². The quantitative estimate of drug-likeness (QED) is 0.158. The first kappa shape index (κ1) is 14.2. The van der Waals surface area contributed by atoms with Crippen LogP contribution in [0.2, 0.25) is 0 Å². The molecule has 0 rings (SSSR count). The lowest BCUT2D eigenvalue weighted by Gasteiger charge is -2.25. The van der Waals surface area contributed by atoms with Gasteiger partial charge in [-0.1, -0.05) is 5.16 Å². The summed E-state index contributed by atoms with van der Waals surface area (Å²) in [5.41, 5.74) is 5.31. The lowest BCUT2D eigenvalue weighted by atomic mass is 10.0. The Morgan fingerprint density at radius 3 is 2.60 bits per heavy atom. The second-order valence-corrected chi connectivity index (χ2v) is 4.33. The second-order valence-electron chi connectivity index (χ2n) is 4.33. The van der Waals surface area contributed by atoms with Gasteiger partial charge in [-0.15, -0.1) is 0 Å². The molecular formula is C10H23N3O2. The summed E-state index contributed by atoms with van der Waals surface area (Å²) >= 11 is 0. The lowest BCUT2D eigenvalue weighted by Crippen LogP contribution is -2.40. The summed E-state index contributed by atoms with van der Waals surface area (Å²) in [6.45, 7) is 5.20. The van der Waals surface area contributed by atoms with Crippen molar-refractivity contribution in [3.8, 4) is 0 Å². The van der Waals surface area contributed by atoms with E-state index in [0.717, 1.165) is 25.8 Å². The summed E-state index contributed by atoms with van der Waals surface area (Å²) in [6.07, 6.45) is 3.25. The number of aliphatic hydroxyl groups is 1. The van der Waals surface area contributed by atoms with E-state index in [0.29, 0.717) is 6.42 Å². The van der Waals surface area contributed by atoms with Gasteiger partial charge < -0.3 is 21.4 Å². The molecule has 0 radical (unpaired) electrons. The number of unbranched alkanes of at least 4 members (excludes halogenated alkanes) is 1. The summed E-state index contributed by atoms with van der Waals surface area (Å²) in [5, 5.41) is 23.4. The molecule has 0 saturated heterocycles. The summed E-state index contributed by atoms with van der Waals surface area (Å²) < 4.78 is 0. The number of amidine groups is 1. The van der Waals surface area contributed by atoms with Gasteiger partial charge in [0.05, 0.1) is 0 Å². The first-order chi connectivity index (χ1) is 7.02. The van der Waals surface area contributed by atoms with Gasteiger partial charge in [0.15, 0.2) is 0 Å². The van der Waals surface area contributed by atoms with Crippen LogP contribution in [0.3, 0.4) is 0 Å². The number of hydrogen-bond acceptors (Lipinski definition) is 4. The number of hydrogen-bond donors (Lipinski definition) is 4. The van der Waals surface area contributed by atoms with E-state index in [2.05, 4.69) is 24.3 Å². The maximum absolute atomic E-state index is 8.81. The van der Waals surface area contributed by atoms with Gasteiger partial charge >= 0.3 is 0 Å². The number of oxime groups is 1. The van der Waals surface area contributed by atoms with Gasteiger partial charge in [-0.3, -0.25) is 0 Å². The van der Waals surface area contributed by atoms with Crippen LogP contribution in [0, 0.1) is 0 Å². The van der Waals surface area contributed by atoms with E-state index >= 15 is 0 Å². The zero-order valence-electron chi connectivity index (χ0n) is 9.66. The van der Waals surface area contributed by atoms with Crippen molar-refractivity contribution in [3.63, 3.8) is 0 Å². The molecule has 5 nitrogen and oxygen atoms in total. The third-order valence-corrected chi connectivity index (χ3v) is 2.33. The fourth-order valence-electron chi connectivity index (χ4n) is 1.28. The molecule has 0 aliphatic rings. The van der Waals surface area contributed by atoms with Crippen LogP contribution in [0.1, 0.15) is 39.5 Å². The van der Waals surface area contributed by atoms with Crippen LogP contribution in [-0.2, 0) is 0 Å². The summed E-state index contributed by atoms with van der Waals surface area (Å²) in [5.74, 6) is 0.282. The molecule has 0 aromatic rings. The fraction of sp³-hybridized carbons (Fsp3) is 0.900. The summed E-state index contributed by atoms with van der Waals surface area (Å²) in [6, 6.07) is 0. The minimum absolute atomic E-state index is 0.0225. The molecular weight excluding hydrogens is 194 g/mol. The molecule has 0 aliphatic carbocycles. The molecule has 0 spiro atoms. The van der Waals surface area contributed by atoms with E-state index < -0.39 is 0 Å². The van der Waals surface area contributed by atoms with E-state index in [9.17, 15) is 0 Å². The van der Waals surface area contributed by atoms with Crippen LogP contribution in [0.5, 0.6) is 0 Å². The summed E-state index contributed by atoms with van der Waals surface area (Å²) in [4.78, 5) is 0. The fourth-order valence-corrected chi connectivity index (χ4v) is 1.28. The number of nitrogens with two attached hydrogens (primary N) is 1. The first-order valence-electron chi connectivity index (χ1n) is 5.34. The normalized spacial score (nSPS) is 13.1. The maximum Gasteiger partial charge on any atom is 0.139 e. The SMILES string of the molecule is CC(C)(CCO)NCCCCC(N)=NO. The Bertz CT molecular complexity index is 193. The average molecular weight is 217 g/mol. The van der Waals surface area contributed by atoms with Gasteiger partial charge in [-0.2, -0.15) is 0 Å². The second kappa shape index (κ2) is 7.48. The Morgan fingerprint density at radius 1 is 1.40 bits per heavy atom. The topological polar surface area (TPSA) is 90.9 Å². The molecule has 5 heteroatoms. The zero-order chi connectivity index (χ0) is 11.7. The molecule has 0 unspecified atom stereocenters. The first-order valence-corrected chi connectivity index (χ1v) is 5.34. The van der Waals surface area contributed by atoms with Crippen LogP contribution in [0.25, 0.3) is 0 Å². The van der Waals surface area contributed by atoms with Crippen LogP contribution in [-0.4, -0.2) is 34.8 Å². The molecule has 0 fully saturated rings. The van der Waals surface area contributed by atoms with Crippen molar-refractivity contribution < 1.29 is 10.3 Å². The Morgan fingerprint density at radius 2 is 2.07 bits per heavy atom. The predicted molar refractivity (Wildman–Crippen MR) is 61.0 cm³/mol. The molecule has 90 valence electrons. The Balaban J connectivity index is 3.46. The largest absolute Gasteiger partial charge is 0.409 e. The molecule has 0 aromatic heterocycles. The lowest BCUT2D eigenvalue weighted by molar-refractivity contribution is 0.230. The molecule has 0 amide bonds. The Labute approximate surface area is 91.4 Å². The smallest absolute Gasteiger partial charge is 0.139 e. The standard InChI is InChI=1S/C10H23N3O2/c1-10(2,6-8-14)12-7-4-3-5-9(11)13-15/h12,14-15H,3-8H2,1-2H3,(H2,11,13). The number of nitrogens with one attached hydrogen (secondary N) is 1. The molecule has 0 aliphatic heterocycles. The van der Waals surface area contributed by atoms with Crippen molar-refractivity contribution in [3.05, 3.63) is 0 Å². The van der Waals surface area contributed by atoms with Crippen molar-refractivity contribution in [2.45, 2.75) is 45.1 Å². The zero-order valence-corrected chi connectivity index (χ0v) is 9.66. The van der Waals surface area contributed by atoms with Crippen LogP contribution < -0.4 is 11.1 Å². The van der Waals surface area contributed by atoms with Gasteiger partial charge in [0.25, 0.3) is 0 Å². The van der Waals surface area contributed by atoms with E-state index in [1.54, 1.807) is 0 Å². The van der Waals surface area contributed by atoms with E-state index in [1.165, 1.54) is 0 Å². The van der Waals surface area contributed by atoms with Gasteiger partial charge in [-0.25, -0.2) is 0 Å². The molecule has 0 aromatic carbocycles. The third-order valence-electron chi connectivity index (χ3n) is 2.33. The van der Waals surface area contributed by atoms with Crippen LogP contribution >= 0.6 is 0 Å². The number of nitrogens with zero attached hydrogens (tertiary/aromatic N) is 1. The van der Waals surface area contributed by atoms with Crippen molar-refractivity contribution in [1.82, 2.24) is 5.32 Å². The van der Waals surface area contributed by atoms with Crippen molar-refractivity contribution in [1.29, 1.82) is 0 Å². The van der Waals surface area contributed by atoms with E-state index in [-0.39, 0.29) is 18.0 Å². The van der Waals surface area contributed by atoms with Gasteiger partial charge in [-0.05, 0) is 39.7 Å². The molecule has 5 N–H and O–H groups in total. The molecule has 0 atom stereocenters. The third kappa shape index (κ3) is 8.20. The summed E-state index contributed by atoms with van der Waals surface area (Å²) in [7, 11) is 0. The Kier molecular flexibility index (Phi) is 7.07. The minimum atomic E-state index is -0.0225. The average Bonchev–Trinajstić information content (AvgIpc) is 2.16. The highest BCUT2D eigenvalue weighted by molar-refractivity contribution is 5.79. The van der Waals surface area contributed by atoms with E-state index in [4.69, 9.17) is 16.0 Å². The minimum Gasteiger partial charge on any atom is -0.409 e.